The van der Waals surface area contributed by atoms with Crippen molar-refractivity contribution in [2.24, 2.45) is 0 Å². The highest BCUT2D eigenvalue weighted by molar-refractivity contribution is 7.99. The molecule has 1 N–H and O–H groups in total. The molecule has 4 rings (SSSR count). The molecule has 0 saturated heterocycles. The van der Waals surface area contributed by atoms with Crippen LogP contribution in [0, 0.1) is 0 Å². The molecule has 0 atom stereocenters. The number of methoxy groups -OCH3 is 3. The SMILES string of the molecule is COc1cccc(Sc2c(C(=O)O)n(Cc3ccccc3)c3cc(OC)c(OC)cc23)c1. The van der Waals surface area contributed by atoms with E-state index in [9.17, 15) is 9.90 Å². The molecule has 4 aromatic rings. The number of rotatable bonds is 8. The molecule has 0 radical (unpaired) electrons. The number of benzene rings is 3. The Kier molecular flexibility index (Phi) is 6.28. The molecule has 0 spiro atoms. The topological polar surface area (TPSA) is 69.9 Å². The van der Waals surface area contributed by atoms with E-state index in [1.165, 1.54) is 11.8 Å². The zero-order chi connectivity index (χ0) is 22.7. The number of carbonyl (C=O) groups is 1. The summed E-state index contributed by atoms with van der Waals surface area (Å²) in [5, 5.41) is 11.0. The molecule has 0 unspecified atom stereocenters. The lowest BCUT2D eigenvalue weighted by molar-refractivity contribution is 0.0682. The molecule has 1 aromatic heterocycles. The molecule has 0 aliphatic carbocycles. The van der Waals surface area contributed by atoms with Gasteiger partial charge >= 0.3 is 5.97 Å². The van der Waals surface area contributed by atoms with E-state index in [4.69, 9.17) is 14.2 Å². The standard InChI is InChI=1S/C25H23NO5S/c1-29-17-10-7-11-18(12-17)32-24-19-13-21(30-2)22(31-3)14-20(19)26(23(24)25(27)28)15-16-8-5-4-6-9-16/h4-14H,15H2,1-3H3,(H,27,28). The van der Waals surface area contributed by atoms with Crippen LogP contribution in [0.25, 0.3) is 10.9 Å². The van der Waals surface area contributed by atoms with E-state index < -0.39 is 5.97 Å². The monoisotopic (exact) mass is 449 g/mol. The fraction of sp³-hybridized carbons (Fsp3) is 0.160. The highest BCUT2D eigenvalue weighted by Crippen LogP contribution is 2.43. The van der Waals surface area contributed by atoms with Gasteiger partial charge in [-0.05, 0) is 29.8 Å². The lowest BCUT2D eigenvalue weighted by Gasteiger charge is -2.11. The molecule has 1 heterocycles. The number of carboxylic acid groups (broad SMARTS) is 1. The van der Waals surface area contributed by atoms with Crippen LogP contribution in [0.1, 0.15) is 16.1 Å². The van der Waals surface area contributed by atoms with Crippen molar-refractivity contribution in [2.45, 2.75) is 16.3 Å². The summed E-state index contributed by atoms with van der Waals surface area (Å²) >= 11 is 1.39. The third-order valence-electron chi connectivity index (χ3n) is 5.17. The Morgan fingerprint density at radius 3 is 2.28 bits per heavy atom. The van der Waals surface area contributed by atoms with E-state index in [-0.39, 0.29) is 5.69 Å². The zero-order valence-corrected chi connectivity index (χ0v) is 18.8. The number of ether oxygens (including phenoxy) is 3. The zero-order valence-electron chi connectivity index (χ0n) is 18.0. The van der Waals surface area contributed by atoms with Gasteiger partial charge in [-0.1, -0.05) is 48.2 Å². The fourth-order valence-electron chi connectivity index (χ4n) is 3.67. The van der Waals surface area contributed by atoms with Crippen LogP contribution in [0.4, 0.5) is 0 Å². The first-order valence-electron chi connectivity index (χ1n) is 9.93. The Morgan fingerprint density at radius 1 is 0.906 bits per heavy atom. The van der Waals surface area contributed by atoms with E-state index >= 15 is 0 Å². The smallest absolute Gasteiger partial charge is 0.353 e. The van der Waals surface area contributed by atoms with Crippen LogP contribution in [-0.2, 0) is 6.54 Å². The summed E-state index contributed by atoms with van der Waals surface area (Å²) < 4.78 is 18.2. The average Bonchev–Trinajstić information content (AvgIpc) is 3.11. The fourth-order valence-corrected chi connectivity index (χ4v) is 4.80. The molecule has 0 fully saturated rings. The molecule has 164 valence electrons. The molecule has 0 amide bonds. The van der Waals surface area contributed by atoms with Crippen molar-refractivity contribution in [1.29, 1.82) is 0 Å². The Hall–Kier alpha value is -3.58. The molecule has 7 heteroatoms. The minimum atomic E-state index is -1.000. The summed E-state index contributed by atoms with van der Waals surface area (Å²) in [5.41, 5.74) is 1.97. The first-order valence-corrected chi connectivity index (χ1v) is 10.7. The van der Waals surface area contributed by atoms with Gasteiger partial charge in [0.2, 0.25) is 0 Å². The molecule has 32 heavy (non-hydrogen) atoms. The quantitative estimate of drug-likeness (QED) is 0.380. The normalized spacial score (nSPS) is 10.8. The summed E-state index contributed by atoms with van der Waals surface area (Å²) in [6.07, 6.45) is 0. The van der Waals surface area contributed by atoms with Crippen molar-refractivity contribution < 1.29 is 24.1 Å². The maximum Gasteiger partial charge on any atom is 0.353 e. The summed E-state index contributed by atoms with van der Waals surface area (Å²) in [4.78, 5) is 14.0. The maximum atomic E-state index is 12.5. The van der Waals surface area contributed by atoms with Crippen molar-refractivity contribution in [2.75, 3.05) is 21.3 Å². The second kappa shape index (κ2) is 9.28. The van der Waals surface area contributed by atoms with Gasteiger partial charge in [-0.3, -0.25) is 0 Å². The van der Waals surface area contributed by atoms with Gasteiger partial charge in [0.05, 0.1) is 31.7 Å². The summed E-state index contributed by atoms with van der Waals surface area (Å²) in [6.45, 7) is 0.410. The Bertz CT molecular complexity index is 1270. The number of aromatic nitrogens is 1. The van der Waals surface area contributed by atoms with Gasteiger partial charge in [0.25, 0.3) is 0 Å². The Balaban J connectivity index is 1.97. The molecule has 0 aliphatic heterocycles. The van der Waals surface area contributed by atoms with Crippen LogP contribution < -0.4 is 14.2 Å². The third-order valence-corrected chi connectivity index (χ3v) is 6.28. The highest BCUT2D eigenvalue weighted by Gasteiger charge is 2.25. The van der Waals surface area contributed by atoms with Gasteiger partial charge in [0, 0.05) is 22.9 Å². The predicted molar refractivity (Wildman–Crippen MR) is 125 cm³/mol. The second-order valence-corrected chi connectivity index (χ2v) is 8.14. The molecule has 0 aliphatic rings. The second-order valence-electron chi connectivity index (χ2n) is 7.06. The van der Waals surface area contributed by atoms with Crippen molar-refractivity contribution >= 4 is 28.6 Å². The van der Waals surface area contributed by atoms with Crippen molar-refractivity contribution in [3.63, 3.8) is 0 Å². The molecular weight excluding hydrogens is 426 g/mol. The summed E-state index contributed by atoms with van der Waals surface area (Å²) in [6, 6.07) is 21.0. The van der Waals surface area contributed by atoms with Crippen molar-refractivity contribution in [3.05, 3.63) is 78.0 Å². The van der Waals surface area contributed by atoms with Crippen LogP contribution in [0.5, 0.6) is 17.2 Å². The summed E-state index contributed by atoms with van der Waals surface area (Å²) in [5.74, 6) is 0.794. The van der Waals surface area contributed by atoms with E-state index in [0.717, 1.165) is 21.4 Å². The van der Waals surface area contributed by atoms with Crippen LogP contribution >= 0.6 is 11.8 Å². The van der Waals surface area contributed by atoms with Crippen LogP contribution in [0.15, 0.2) is 76.5 Å². The lowest BCUT2D eigenvalue weighted by Crippen LogP contribution is -2.10. The van der Waals surface area contributed by atoms with Gasteiger partial charge in [0.15, 0.2) is 11.5 Å². The highest BCUT2D eigenvalue weighted by atomic mass is 32.2. The van der Waals surface area contributed by atoms with Crippen LogP contribution in [-0.4, -0.2) is 37.0 Å². The minimum Gasteiger partial charge on any atom is -0.497 e. The number of fused-ring (bicyclic) bond motifs is 1. The lowest BCUT2D eigenvalue weighted by atomic mass is 10.2. The predicted octanol–water partition coefficient (Wildman–Crippen LogP) is 5.56. The van der Waals surface area contributed by atoms with Crippen molar-refractivity contribution in [3.8, 4) is 17.2 Å². The van der Waals surface area contributed by atoms with Gasteiger partial charge in [-0.2, -0.15) is 0 Å². The van der Waals surface area contributed by atoms with E-state index in [1.807, 2.05) is 71.3 Å². The molecular formula is C25H23NO5S. The number of carboxylic acids is 1. The van der Waals surface area contributed by atoms with E-state index in [0.29, 0.717) is 28.7 Å². The first-order chi connectivity index (χ1) is 15.5. The Labute approximate surface area is 190 Å². The van der Waals surface area contributed by atoms with E-state index in [2.05, 4.69) is 0 Å². The third kappa shape index (κ3) is 4.11. The van der Waals surface area contributed by atoms with Gasteiger partial charge in [-0.25, -0.2) is 4.79 Å². The number of hydrogen-bond donors (Lipinski definition) is 1. The van der Waals surface area contributed by atoms with Gasteiger partial charge < -0.3 is 23.9 Å². The van der Waals surface area contributed by atoms with E-state index in [1.54, 1.807) is 21.3 Å². The molecule has 0 bridgehead atoms. The first kappa shape index (κ1) is 21.6. The largest absolute Gasteiger partial charge is 0.497 e. The number of hydrogen-bond acceptors (Lipinski definition) is 5. The van der Waals surface area contributed by atoms with Crippen LogP contribution in [0.2, 0.25) is 0 Å². The molecule has 6 nitrogen and oxygen atoms in total. The number of aromatic carboxylic acids is 1. The van der Waals surface area contributed by atoms with Gasteiger partial charge in [0.1, 0.15) is 11.4 Å². The average molecular weight is 450 g/mol. The van der Waals surface area contributed by atoms with Crippen molar-refractivity contribution in [1.82, 2.24) is 4.57 Å². The number of nitrogens with zero attached hydrogens (tertiary/aromatic N) is 1. The maximum absolute atomic E-state index is 12.5. The Morgan fingerprint density at radius 2 is 1.62 bits per heavy atom. The van der Waals surface area contributed by atoms with Gasteiger partial charge in [-0.15, -0.1) is 0 Å². The van der Waals surface area contributed by atoms with Crippen LogP contribution in [0.3, 0.4) is 0 Å². The molecule has 0 saturated carbocycles. The minimum absolute atomic E-state index is 0.215. The summed E-state index contributed by atoms with van der Waals surface area (Å²) in [7, 11) is 4.74. The molecule has 3 aromatic carbocycles.